The SMILES string of the molecule is CCCCCCCCCCCCCCCCCCCCC(=O)OC[C@@H](COC(=O)CCCCCCCCCCCC)OC(=O)CCCCCCCCCCCCCCCC(C)C. The smallest absolute Gasteiger partial charge is 0.306 e. The third kappa shape index (κ3) is 49.4. The van der Waals surface area contributed by atoms with Crippen LogP contribution in [0.15, 0.2) is 0 Å². The maximum Gasteiger partial charge on any atom is 0.306 e. The van der Waals surface area contributed by atoms with Gasteiger partial charge in [-0.05, 0) is 25.2 Å². The standard InChI is InChI=1S/C56H108O6/c1-5-7-9-11-13-15-17-18-19-20-21-22-25-28-32-36-40-44-48-55(58)61-51-53(50-60-54(57)47-43-39-35-31-16-14-12-10-8-6-2)62-56(59)49-45-41-37-33-29-26-23-24-27-30-34-38-42-46-52(3)4/h52-53H,5-51H2,1-4H3/t53-/m1/s1. The quantitative estimate of drug-likeness (QED) is 0.0344. The largest absolute Gasteiger partial charge is 0.462 e. The fraction of sp³-hybridized carbons (Fsp3) is 0.946. The Hall–Kier alpha value is -1.59. The molecular weight excluding hydrogens is 769 g/mol. The maximum atomic E-state index is 12.8. The van der Waals surface area contributed by atoms with Gasteiger partial charge < -0.3 is 14.2 Å². The van der Waals surface area contributed by atoms with Crippen LogP contribution in [0, 0.1) is 5.92 Å². The minimum atomic E-state index is -0.761. The molecule has 0 saturated carbocycles. The number of carbonyl (C=O) groups excluding carboxylic acids is 3. The van der Waals surface area contributed by atoms with E-state index >= 15 is 0 Å². The molecule has 0 aromatic heterocycles. The Labute approximate surface area is 387 Å². The minimum absolute atomic E-state index is 0.0622. The van der Waals surface area contributed by atoms with E-state index in [1.807, 2.05) is 0 Å². The molecule has 0 radical (unpaired) electrons. The van der Waals surface area contributed by atoms with Crippen molar-refractivity contribution in [1.82, 2.24) is 0 Å². The number of rotatable bonds is 51. The summed E-state index contributed by atoms with van der Waals surface area (Å²) in [5, 5.41) is 0. The molecule has 0 heterocycles. The average molecular weight is 877 g/mol. The highest BCUT2D eigenvalue weighted by Gasteiger charge is 2.19. The van der Waals surface area contributed by atoms with Crippen LogP contribution in [0.25, 0.3) is 0 Å². The number of unbranched alkanes of at least 4 members (excludes halogenated alkanes) is 38. The molecule has 6 heteroatoms. The van der Waals surface area contributed by atoms with Crippen LogP contribution < -0.4 is 0 Å². The molecular formula is C56H108O6. The van der Waals surface area contributed by atoms with Crippen molar-refractivity contribution < 1.29 is 28.6 Å². The van der Waals surface area contributed by atoms with E-state index in [0.29, 0.717) is 19.3 Å². The van der Waals surface area contributed by atoms with Crippen LogP contribution in [0.4, 0.5) is 0 Å². The Balaban J connectivity index is 4.24. The van der Waals surface area contributed by atoms with Crippen LogP contribution in [0.1, 0.15) is 317 Å². The van der Waals surface area contributed by atoms with Gasteiger partial charge in [0, 0.05) is 19.3 Å². The third-order valence-electron chi connectivity index (χ3n) is 12.8. The van der Waals surface area contributed by atoms with Crippen LogP contribution in [-0.2, 0) is 28.6 Å². The molecule has 0 fully saturated rings. The number of hydrogen-bond donors (Lipinski definition) is 0. The van der Waals surface area contributed by atoms with Gasteiger partial charge in [-0.15, -0.1) is 0 Å². The molecule has 0 amide bonds. The van der Waals surface area contributed by atoms with Gasteiger partial charge in [0.05, 0.1) is 0 Å². The molecule has 0 aromatic rings. The summed E-state index contributed by atoms with van der Waals surface area (Å²) in [6, 6.07) is 0. The van der Waals surface area contributed by atoms with Crippen molar-refractivity contribution in [2.45, 2.75) is 323 Å². The van der Waals surface area contributed by atoms with Crippen LogP contribution >= 0.6 is 0 Å². The van der Waals surface area contributed by atoms with Crippen LogP contribution in [0.5, 0.6) is 0 Å². The molecule has 1 atom stereocenters. The Morgan fingerprint density at radius 3 is 0.790 bits per heavy atom. The summed E-state index contributed by atoms with van der Waals surface area (Å²) in [6.45, 7) is 9.04. The predicted molar refractivity (Wildman–Crippen MR) is 266 cm³/mol. The summed E-state index contributed by atoms with van der Waals surface area (Å²) in [6.07, 6.45) is 53.8. The molecule has 0 rings (SSSR count). The molecule has 0 aliphatic carbocycles. The zero-order valence-electron chi connectivity index (χ0n) is 42.3. The topological polar surface area (TPSA) is 78.9 Å². The van der Waals surface area contributed by atoms with E-state index in [1.165, 1.54) is 212 Å². The van der Waals surface area contributed by atoms with Crippen LogP contribution in [-0.4, -0.2) is 37.2 Å². The van der Waals surface area contributed by atoms with Gasteiger partial charge in [0.15, 0.2) is 6.10 Å². The maximum absolute atomic E-state index is 12.8. The van der Waals surface area contributed by atoms with E-state index in [2.05, 4.69) is 27.7 Å². The van der Waals surface area contributed by atoms with Crippen molar-refractivity contribution in [3.05, 3.63) is 0 Å². The molecule has 0 bridgehead atoms. The Morgan fingerprint density at radius 1 is 0.306 bits per heavy atom. The highest BCUT2D eigenvalue weighted by molar-refractivity contribution is 5.71. The summed E-state index contributed by atoms with van der Waals surface area (Å²) in [5.41, 5.74) is 0. The van der Waals surface area contributed by atoms with Crippen molar-refractivity contribution >= 4 is 17.9 Å². The lowest BCUT2D eigenvalue weighted by atomic mass is 10.0. The van der Waals surface area contributed by atoms with E-state index in [0.717, 1.165) is 63.7 Å². The van der Waals surface area contributed by atoms with E-state index in [-0.39, 0.29) is 31.1 Å². The molecule has 0 spiro atoms. The molecule has 62 heavy (non-hydrogen) atoms. The predicted octanol–water partition coefficient (Wildman–Crippen LogP) is 18.2. The first-order valence-electron chi connectivity index (χ1n) is 27.9. The normalized spacial score (nSPS) is 12.0. The van der Waals surface area contributed by atoms with E-state index in [4.69, 9.17) is 14.2 Å². The van der Waals surface area contributed by atoms with Gasteiger partial charge in [0.25, 0.3) is 0 Å². The molecule has 0 aliphatic heterocycles. The van der Waals surface area contributed by atoms with Gasteiger partial charge in [0.2, 0.25) is 0 Å². The fourth-order valence-electron chi connectivity index (χ4n) is 8.57. The summed E-state index contributed by atoms with van der Waals surface area (Å²) in [5.74, 6) is -0.00215. The van der Waals surface area contributed by atoms with Gasteiger partial charge in [-0.2, -0.15) is 0 Å². The molecule has 0 N–H and O–H groups in total. The van der Waals surface area contributed by atoms with Crippen molar-refractivity contribution in [2.75, 3.05) is 13.2 Å². The van der Waals surface area contributed by atoms with Gasteiger partial charge in [-0.1, -0.05) is 278 Å². The number of ether oxygens (including phenoxy) is 3. The molecule has 0 saturated heterocycles. The van der Waals surface area contributed by atoms with Crippen molar-refractivity contribution in [1.29, 1.82) is 0 Å². The van der Waals surface area contributed by atoms with Crippen molar-refractivity contribution in [3.63, 3.8) is 0 Å². The third-order valence-corrected chi connectivity index (χ3v) is 12.8. The Bertz CT molecular complexity index is 933. The lowest BCUT2D eigenvalue weighted by molar-refractivity contribution is -0.167. The Kier molecular flexibility index (Phi) is 49.1. The average Bonchev–Trinajstić information content (AvgIpc) is 3.26. The zero-order chi connectivity index (χ0) is 45.2. The zero-order valence-corrected chi connectivity index (χ0v) is 42.3. The highest BCUT2D eigenvalue weighted by atomic mass is 16.6. The first-order chi connectivity index (χ1) is 30.4. The number of hydrogen-bond acceptors (Lipinski definition) is 6. The summed E-state index contributed by atoms with van der Waals surface area (Å²) >= 11 is 0. The van der Waals surface area contributed by atoms with Crippen molar-refractivity contribution in [3.8, 4) is 0 Å². The van der Waals surface area contributed by atoms with Gasteiger partial charge in [0.1, 0.15) is 13.2 Å². The van der Waals surface area contributed by atoms with Crippen molar-refractivity contribution in [2.24, 2.45) is 5.92 Å². The molecule has 0 aromatic carbocycles. The lowest BCUT2D eigenvalue weighted by Gasteiger charge is -2.18. The molecule has 0 aliphatic rings. The summed E-state index contributed by atoms with van der Waals surface area (Å²) in [7, 11) is 0. The van der Waals surface area contributed by atoms with Gasteiger partial charge in [-0.25, -0.2) is 0 Å². The number of carbonyl (C=O) groups is 3. The van der Waals surface area contributed by atoms with Crippen LogP contribution in [0.3, 0.4) is 0 Å². The van der Waals surface area contributed by atoms with E-state index in [9.17, 15) is 14.4 Å². The summed E-state index contributed by atoms with van der Waals surface area (Å²) < 4.78 is 16.8. The second kappa shape index (κ2) is 50.4. The highest BCUT2D eigenvalue weighted by Crippen LogP contribution is 2.18. The molecule has 0 unspecified atom stereocenters. The van der Waals surface area contributed by atoms with E-state index < -0.39 is 6.10 Å². The second-order valence-electron chi connectivity index (χ2n) is 19.7. The van der Waals surface area contributed by atoms with Gasteiger partial charge >= 0.3 is 17.9 Å². The first-order valence-corrected chi connectivity index (χ1v) is 27.9. The number of esters is 3. The summed E-state index contributed by atoms with van der Waals surface area (Å²) in [4.78, 5) is 38.0. The van der Waals surface area contributed by atoms with Gasteiger partial charge in [-0.3, -0.25) is 14.4 Å². The van der Waals surface area contributed by atoms with E-state index in [1.54, 1.807) is 0 Å². The molecule has 368 valence electrons. The Morgan fingerprint density at radius 2 is 0.532 bits per heavy atom. The monoisotopic (exact) mass is 877 g/mol. The second-order valence-corrected chi connectivity index (χ2v) is 19.7. The fourth-order valence-corrected chi connectivity index (χ4v) is 8.57. The lowest BCUT2D eigenvalue weighted by Crippen LogP contribution is -2.30. The molecule has 6 nitrogen and oxygen atoms in total. The van der Waals surface area contributed by atoms with Crippen LogP contribution in [0.2, 0.25) is 0 Å². The minimum Gasteiger partial charge on any atom is -0.462 e. The first kappa shape index (κ1) is 60.4.